The van der Waals surface area contributed by atoms with Gasteiger partial charge in [0.2, 0.25) is 0 Å². The molecule has 60 valence electrons. The van der Waals surface area contributed by atoms with E-state index in [1.54, 1.807) is 0 Å². The monoisotopic (exact) mass is 142 g/mol. The SMILES string of the molecule is CC1CC(CCCNN)C1. The molecule has 1 fully saturated rings. The van der Waals surface area contributed by atoms with Crippen LogP contribution in [0.3, 0.4) is 0 Å². The smallest absolute Gasteiger partial charge is 0.00975 e. The van der Waals surface area contributed by atoms with Crippen molar-refractivity contribution >= 4 is 0 Å². The lowest BCUT2D eigenvalue weighted by molar-refractivity contribution is 0.196. The Morgan fingerprint density at radius 1 is 1.50 bits per heavy atom. The van der Waals surface area contributed by atoms with Crippen molar-refractivity contribution in [1.82, 2.24) is 5.43 Å². The van der Waals surface area contributed by atoms with Crippen LogP contribution in [0.2, 0.25) is 0 Å². The number of hydrogen-bond acceptors (Lipinski definition) is 2. The fourth-order valence-electron chi connectivity index (χ4n) is 1.80. The lowest BCUT2D eigenvalue weighted by atomic mass is 9.74. The van der Waals surface area contributed by atoms with Crippen LogP contribution in [-0.4, -0.2) is 6.54 Å². The first-order valence-electron chi connectivity index (χ1n) is 4.26. The highest BCUT2D eigenvalue weighted by atomic mass is 15.2. The highest BCUT2D eigenvalue weighted by Gasteiger charge is 2.23. The molecule has 1 aliphatic rings. The molecule has 0 spiro atoms. The van der Waals surface area contributed by atoms with E-state index < -0.39 is 0 Å². The highest BCUT2D eigenvalue weighted by Crippen LogP contribution is 2.35. The largest absolute Gasteiger partial charge is 0.271 e. The molecule has 0 bridgehead atoms. The Bertz CT molecular complexity index is 87.3. The summed E-state index contributed by atoms with van der Waals surface area (Å²) in [5.41, 5.74) is 2.68. The van der Waals surface area contributed by atoms with E-state index in [2.05, 4.69) is 12.3 Å². The van der Waals surface area contributed by atoms with Crippen molar-refractivity contribution in [3.8, 4) is 0 Å². The van der Waals surface area contributed by atoms with Crippen LogP contribution in [0.4, 0.5) is 0 Å². The van der Waals surface area contributed by atoms with Crippen molar-refractivity contribution in [2.45, 2.75) is 32.6 Å². The Hall–Kier alpha value is -0.0800. The minimum Gasteiger partial charge on any atom is -0.271 e. The van der Waals surface area contributed by atoms with Gasteiger partial charge in [-0.25, -0.2) is 0 Å². The molecule has 10 heavy (non-hydrogen) atoms. The zero-order chi connectivity index (χ0) is 7.40. The van der Waals surface area contributed by atoms with Crippen molar-refractivity contribution in [1.29, 1.82) is 0 Å². The molecule has 0 saturated heterocycles. The van der Waals surface area contributed by atoms with Gasteiger partial charge in [0.1, 0.15) is 0 Å². The van der Waals surface area contributed by atoms with Gasteiger partial charge in [-0.1, -0.05) is 6.92 Å². The third-order valence-corrected chi connectivity index (χ3v) is 2.40. The van der Waals surface area contributed by atoms with E-state index in [1.807, 2.05) is 0 Å². The molecule has 2 nitrogen and oxygen atoms in total. The summed E-state index contributed by atoms with van der Waals surface area (Å²) >= 11 is 0. The Morgan fingerprint density at radius 3 is 2.70 bits per heavy atom. The van der Waals surface area contributed by atoms with E-state index in [4.69, 9.17) is 5.84 Å². The highest BCUT2D eigenvalue weighted by molar-refractivity contribution is 4.75. The van der Waals surface area contributed by atoms with Crippen LogP contribution < -0.4 is 11.3 Å². The van der Waals surface area contributed by atoms with E-state index in [0.29, 0.717) is 0 Å². The second-order valence-electron chi connectivity index (χ2n) is 3.54. The maximum Gasteiger partial charge on any atom is 0.00975 e. The molecule has 0 aromatic heterocycles. The fraction of sp³-hybridized carbons (Fsp3) is 1.00. The molecule has 3 N–H and O–H groups in total. The zero-order valence-electron chi connectivity index (χ0n) is 6.77. The van der Waals surface area contributed by atoms with Crippen molar-refractivity contribution in [2.24, 2.45) is 17.7 Å². The molecular formula is C8H18N2. The predicted octanol–water partition coefficient (Wildman–Crippen LogP) is 1.28. The van der Waals surface area contributed by atoms with Crippen LogP contribution in [0, 0.1) is 11.8 Å². The molecule has 2 heteroatoms. The summed E-state index contributed by atoms with van der Waals surface area (Å²) in [7, 11) is 0. The molecule has 0 atom stereocenters. The van der Waals surface area contributed by atoms with Gasteiger partial charge in [0, 0.05) is 6.54 Å². The van der Waals surface area contributed by atoms with Crippen LogP contribution in [0.1, 0.15) is 32.6 Å². The number of hydrogen-bond donors (Lipinski definition) is 2. The van der Waals surface area contributed by atoms with Gasteiger partial charge in [-0.05, 0) is 37.5 Å². The molecule has 0 heterocycles. The van der Waals surface area contributed by atoms with Gasteiger partial charge < -0.3 is 0 Å². The van der Waals surface area contributed by atoms with E-state index in [1.165, 1.54) is 25.7 Å². The Labute approximate surface area is 63.1 Å². The number of nitrogens with two attached hydrogens (primary N) is 1. The van der Waals surface area contributed by atoms with Gasteiger partial charge in [0.15, 0.2) is 0 Å². The molecule has 0 unspecified atom stereocenters. The summed E-state index contributed by atoms with van der Waals surface area (Å²) in [6, 6.07) is 0. The molecule has 0 radical (unpaired) electrons. The fourth-order valence-corrected chi connectivity index (χ4v) is 1.80. The minimum absolute atomic E-state index is 0.977. The molecule has 1 saturated carbocycles. The van der Waals surface area contributed by atoms with Gasteiger partial charge in [-0.15, -0.1) is 0 Å². The molecular weight excluding hydrogens is 124 g/mol. The lowest BCUT2D eigenvalue weighted by Crippen LogP contribution is -2.25. The summed E-state index contributed by atoms with van der Waals surface area (Å²) in [6.45, 7) is 3.31. The minimum atomic E-state index is 0.977. The van der Waals surface area contributed by atoms with E-state index in [9.17, 15) is 0 Å². The predicted molar refractivity (Wildman–Crippen MR) is 43.3 cm³/mol. The second-order valence-corrected chi connectivity index (χ2v) is 3.54. The average molecular weight is 142 g/mol. The van der Waals surface area contributed by atoms with Crippen LogP contribution in [-0.2, 0) is 0 Å². The summed E-state index contributed by atoms with van der Waals surface area (Å²) < 4.78 is 0. The molecule has 0 aliphatic heterocycles. The summed E-state index contributed by atoms with van der Waals surface area (Å²) in [6.07, 6.45) is 5.51. The normalized spacial score (nSPS) is 31.8. The standard InChI is InChI=1S/C8H18N2/c1-7-5-8(6-7)3-2-4-10-9/h7-8,10H,2-6,9H2,1H3. The first-order valence-corrected chi connectivity index (χ1v) is 4.26. The van der Waals surface area contributed by atoms with Crippen molar-refractivity contribution < 1.29 is 0 Å². The van der Waals surface area contributed by atoms with Crippen LogP contribution >= 0.6 is 0 Å². The molecule has 0 aromatic carbocycles. The van der Waals surface area contributed by atoms with E-state index in [0.717, 1.165) is 18.4 Å². The van der Waals surface area contributed by atoms with Gasteiger partial charge >= 0.3 is 0 Å². The Kier molecular flexibility index (Phi) is 3.16. The average Bonchev–Trinajstić information content (AvgIpc) is 1.85. The quantitative estimate of drug-likeness (QED) is 0.352. The van der Waals surface area contributed by atoms with Gasteiger partial charge in [-0.2, -0.15) is 0 Å². The maximum atomic E-state index is 5.15. The van der Waals surface area contributed by atoms with Gasteiger partial charge in [-0.3, -0.25) is 11.3 Å². The number of nitrogens with one attached hydrogen (secondary N) is 1. The molecule has 1 rings (SSSR count). The van der Waals surface area contributed by atoms with E-state index in [-0.39, 0.29) is 0 Å². The lowest BCUT2D eigenvalue weighted by Gasteiger charge is -2.32. The first kappa shape index (κ1) is 8.02. The molecule has 1 aliphatic carbocycles. The van der Waals surface area contributed by atoms with E-state index >= 15 is 0 Å². The first-order chi connectivity index (χ1) is 4.83. The number of hydrazine groups is 1. The summed E-state index contributed by atoms with van der Waals surface area (Å²) in [4.78, 5) is 0. The summed E-state index contributed by atoms with van der Waals surface area (Å²) in [5.74, 6) is 7.16. The van der Waals surface area contributed by atoms with Crippen LogP contribution in [0.15, 0.2) is 0 Å². The van der Waals surface area contributed by atoms with Crippen molar-refractivity contribution in [2.75, 3.05) is 6.54 Å². The molecule has 0 aromatic rings. The Balaban J connectivity index is 1.86. The maximum absolute atomic E-state index is 5.15. The Morgan fingerprint density at radius 2 is 2.20 bits per heavy atom. The third kappa shape index (κ3) is 2.27. The van der Waals surface area contributed by atoms with Crippen LogP contribution in [0.25, 0.3) is 0 Å². The van der Waals surface area contributed by atoms with Crippen molar-refractivity contribution in [3.05, 3.63) is 0 Å². The second kappa shape index (κ2) is 3.94. The van der Waals surface area contributed by atoms with Gasteiger partial charge in [0.25, 0.3) is 0 Å². The van der Waals surface area contributed by atoms with Crippen LogP contribution in [0.5, 0.6) is 0 Å². The van der Waals surface area contributed by atoms with Gasteiger partial charge in [0.05, 0.1) is 0 Å². The summed E-state index contributed by atoms with van der Waals surface area (Å²) in [5, 5.41) is 0. The molecule has 0 amide bonds. The number of rotatable bonds is 4. The van der Waals surface area contributed by atoms with Crippen molar-refractivity contribution in [3.63, 3.8) is 0 Å². The zero-order valence-corrected chi connectivity index (χ0v) is 6.77. The third-order valence-electron chi connectivity index (χ3n) is 2.40. The topological polar surface area (TPSA) is 38.0 Å².